The Morgan fingerprint density at radius 2 is 2.12 bits per heavy atom. The molecule has 1 saturated carbocycles. The molecule has 0 spiro atoms. The number of benzene rings is 1. The first-order chi connectivity index (χ1) is 12.6. The summed E-state index contributed by atoms with van der Waals surface area (Å²) in [5.74, 6) is -0.395. The molecule has 1 aliphatic carbocycles. The van der Waals surface area contributed by atoms with E-state index in [1.807, 2.05) is 28.8 Å². The number of nitrogens with zero attached hydrogens (tertiary/aromatic N) is 3. The van der Waals surface area contributed by atoms with E-state index in [0.29, 0.717) is 29.6 Å². The molecule has 2 heterocycles. The van der Waals surface area contributed by atoms with Crippen LogP contribution in [0.15, 0.2) is 28.7 Å². The van der Waals surface area contributed by atoms with Crippen LogP contribution in [0.4, 0.5) is 5.69 Å². The lowest BCUT2D eigenvalue weighted by atomic mass is 10.1. The number of carbonyl (C=O) groups is 2. The molecule has 2 fully saturated rings. The van der Waals surface area contributed by atoms with Crippen molar-refractivity contribution in [2.75, 3.05) is 11.4 Å². The van der Waals surface area contributed by atoms with Crippen molar-refractivity contribution in [1.29, 1.82) is 0 Å². The molecule has 2 N–H and O–H groups in total. The average Bonchev–Trinajstić information content (AvgIpc) is 3.29. The summed E-state index contributed by atoms with van der Waals surface area (Å²) in [6, 6.07) is 7.91. The van der Waals surface area contributed by atoms with E-state index in [0.717, 1.165) is 23.0 Å². The molecule has 1 aliphatic heterocycles. The number of halogens is 1. The van der Waals surface area contributed by atoms with E-state index in [4.69, 9.17) is 12.2 Å². The molecule has 9 heteroatoms. The maximum atomic E-state index is 12.7. The second-order valence-electron chi connectivity index (χ2n) is 6.55. The SMILES string of the molecule is O=C(NCc1n[nH]c(=S)n1C1CC1)C1CCN(c2ccccc2Br)C1=O. The molecule has 1 saturated heterocycles. The lowest BCUT2D eigenvalue weighted by Gasteiger charge is -2.18. The van der Waals surface area contributed by atoms with Crippen LogP contribution in [0.3, 0.4) is 0 Å². The highest BCUT2D eigenvalue weighted by Crippen LogP contribution is 2.36. The molecule has 2 aliphatic rings. The van der Waals surface area contributed by atoms with Gasteiger partial charge in [-0.05, 0) is 59.5 Å². The first kappa shape index (κ1) is 17.4. The van der Waals surface area contributed by atoms with Gasteiger partial charge in [0, 0.05) is 17.1 Å². The number of aromatic amines is 1. The Bertz CT molecular complexity index is 920. The highest BCUT2D eigenvalue weighted by molar-refractivity contribution is 9.10. The van der Waals surface area contributed by atoms with Crippen LogP contribution in [-0.2, 0) is 16.1 Å². The average molecular weight is 436 g/mol. The number of nitrogens with one attached hydrogen (secondary N) is 2. The van der Waals surface area contributed by atoms with Crippen molar-refractivity contribution in [2.24, 2.45) is 5.92 Å². The van der Waals surface area contributed by atoms with E-state index < -0.39 is 5.92 Å². The van der Waals surface area contributed by atoms with Crippen molar-refractivity contribution < 1.29 is 9.59 Å². The van der Waals surface area contributed by atoms with Gasteiger partial charge in [-0.1, -0.05) is 12.1 Å². The minimum Gasteiger partial charge on any atom is -0.348 e. The molecule has 2 aromatic rings. The van der Waals surface area contributed by atoms with Crippen molar-refractivity contribution >= 4 is 45.6 Å². The molecule has 0 radical (unpaired) electrons. The summed E-state index contributed by atoms with van der Waals surface area (Å²) in [5.41, 5.74) is 0.794. The molecule has 1 aromatic heterocycles. The van der Waals surface area contributed by atoms with Crippen molar-refractivity contribution in [3.63, 3.8) is 0 Å². The van der Waals surface area contributed by atoms with Gasteiger partial charge >= 0.3 is 0 Å². The van der Waals surface area contributed by atoms with Crippen LogP contribution >= 0.6 is 28.1 Å². The molecule has 1 unspecified atom stereocenters. The monoisotopic (exact) mass is 435 g/mol. The number of hydrogen-bond donors (Lipinski definition) is 2. The summed E-state index contributed by atoms with van der Waals surface area (Å²) in [6.07, 6.45) is 2.66. The summed E-state index contributed by atoms with van der Waals surface area (Å²) < 4.78 is 3.38. The van der Waals surface area contributed by atoms with Crippen LogP contribution in [0.1, 0.15) is 31.1 Å². The summed E-state index contributed by atoms with van der Waals surface area (Å²) in [7, 11) is 0. The number of rotatable bonds is 5. The second kappa shape index (κ2) is 6.96. The fourth-order valence-electron chi connectivity index (χ4n) is 3.29. The lowest BCUT2D eigenvalue weighted by Crippen LogP contribution is -2.37. The Morgan fingerprint density at radius 1 is 1.35 bits per heavy atom. The van der Waals surface area contributed by atoms with E-state index in [2.05, 4.69) is 31.4 Å². The molecular formula is C17H18BrN5O2S. The van der Waals surface area contributed by atoms with Crippen LogP contribution in [0.5, 0.6) is 0 Å². The maximum absolute atomic E-state index is 12.7. The molecular weight excluding hydrogens is 418 g/mol. The topological polar surface area (TPSA) is 83.0 Å². The fraction of sp³-hybridized carbons (Fsp3) is 0.412. The molecule has 7 nitrogen and oxygen atoms in total. The van der Waals surface area contributed by atoms with Gasteiger partial charge in [-0.15, -0.1) is 0 Å². The fourth-order valence-corrected chi connectivity index (χ4v) is 4.09. The van der Waals surface area contributed by atoms with Gasteiger partial charge in [0.15, 0.2) is 10.6 Å². The minimum absolute atomic E-state index is 0.171. The minimum atomic E-state index is -0.668. The van der Waals surface area contributed by atoms with Gasteiger partial charge in [0.05, 0.1) is 12.2 Å². The number of hydrogen-bond acceptors (Lipinski definition) is 4. The first-order valence-electron chi connectivity index (χ1n) is 8.55. The Hall–Kier alpha value is -2.00. The predicted octanol–water partition coefficient (Wildman–Crippen LogP) is 2.71. The van der Waals surface area contributed by atoms with Crippen LogP contribution in [0, 0.1) is 10.7 Å². The molecule has 136 valence electrons. The Morgan fingerprint density at radius 3 is 2.85 bits per heavy atom. The third kappa shape index (κ3) is 3.21. The lowest BCUT2D eigenvalue weighted by molar-refractivity contribution is -0.132. The third-order valence-electron chi connectivity index (χ3n) is 4.78. The van der Waals surface area contributed by atoms with Gasteiger partial charge in [0.2, 0.25) is 11.8 Å². The van der Waals surface area contributed by atoms with Gasteiger partial charge in [-0.2, -0.15) is 5.10 Å². The van der Waals surface area contributed by atoms with Crippen LogP contribution in [0.2, 0.25) is 0 Å². The standard InChI is InChI=1S/C17H18BrN5O2S/c18-12-3-1-2-4-13(12)22-8-7-11(16(22)25)15(24)19-9-14-20-21-17(26)23(14)10-5-6-10/h1-4,10-11H,5-9H2,(H,19,24)(H,21,26). The Balaban J connectivity index is 1.42. The van der Waals surface area contributed by atoms with E-state index in [-0.39, 0.29) is 18.4 Å². The van der Waals surface area contributed by atoms with Gasteiger partial charge in [-0.3, -0.25) is 19.3 Å². The zero-order chi connectivity index (χ0) is 18.3. The summed E-state index contributed by atoms with van der Waals surface area (Å²) in [6.45, 7) is 0.793. The largest absolute Gasteiger partial charge is 0.348 e. The normalized spacial score (nSPS) is 19.8. The maximum Gasteiger partial charge on any atom is 0.239 e. The quantitative estimate of drug-likeness (QED) is 0.558. The molecule has 1 atom stereocenters. The van der Waals surface area contributed by atoms with Crippen LogP contribution in [0.25, 0.3) is 0 Å². The summed E-state index contributed by atoms with van der Waals surface area (Å²) in [5, 5.41) is 9.82. The highest BCUT2D eigenvalue weighted by Gasteiger charge is 2.38. The van der Waals surface area contributed by atoms with E-state index in [1.165, 1.54) is 0 Å². The number of aromatic nitrogens is 3. The number of H-pyrrole nitrogens is 1. The first-order valence-corrected chi connectivity index (χ1v) is 9.76. The third-order valence-corrected chi connectivity index (χ3v) is 5.73. The van der Waals surface area contributed by atoms with Gasteiger partial charge in [-0.25, -0.2) is 0 Å². The summed E-state index contributed by atoms with van der Waals surface area (Å²) in [4.78, 5) is 26.9. The van der Waals surface area contributed by atoms with Crippen molar-refractivity contribution in [1.82, 2.24) is 20.1 Å². The molecule has 4 rings (SSSR count). The Labute approximate surface area is 163 Å². The highest BCUT2D eigenvalue weighted by atomic mass is 79.9. The van der Waals surface area contributed by atoms with E-state index in [9.17, 15) is 9.59 Å². The molecule has 0 bridgehead atoms. The number of carbonyl (C=O) groups excluding carboxylic acids is 2. The van der Waals surface area contributed by atoms with Crippen LogP contribution < -0.4 is 10.2 Å². The molecule has 2 amide bonds. The zero-order valence-corrected chi connectivity index (χ0v) is 16.3. The molecule has 26 heavy (non-hydrogen) atoms. The number of para-hydroxylation sites is 1. The van der Waals surface area contributed by atoms with E-state index >= 15 is 0 Å². The van der Waals surface area contributed by atoms with Crippen LogP contribution in [-0.4, -0.2) is 33.1 Å². The van der Waals surface area contributed by atoms with Crippen molar-refractivity contribution in [2.45, 2.75) is 31.8 Å². The molecule has 1 aromatic carbocycles. The van der Waals surface area contributed by atoms with Gasteiger partial charge in [0.25, 0.3) is 0 Å². The summed E-state index contributed by atoms with van der Waals surface area (Å²) >= 11 is 8.71. The predicted molar refractivity (Wildman–Crippen MR) is 102 cm³/mol. The Kier molecular flexibility index (Phi) is 4.66. The zero-order valence-electron chi connectivity index (χ0n) is 13.9. The van der Waals surface area contributed by atoms with Gasteiger partial charge in [0.1, 0.15) is 5.92 Å². The van der Waals surface area contributed by atoms with Crippen molar-refractivity contribution in [3.05, 3.63) is 39.3 Å². The number of anilines is 1. The second-order valence-corrected chi connectivity index (χ2v) is 7.79. The van der Waals surface area contributed by atoms with Crippen molar-refractivity contribution in [3.8, 4) is 0 Å². The smallest absolute Gasteiger partial charge is 0.239 e. The number of amides is 2. The van der Waals surface area contributed by atoms with Gasteiger partial charge < -0.3 is 10.2 Å². The van der Waals surface area contributed by atoms with E-state index in [1.54, 1.807) is 4.90 Å².